The standard InChI is InChI=1S/C14H15NO4S2/c1-8(13(16)17)15-14(18)19-7-11-6-9-5-10(20-2)3-4-12(9)21-11/h3-6,8H,7H2,1-2H3,(H,15,18)(H,16,17). The molecule has 0 radical (unpaired) electrons. The van der Waals surface area contributed by atoms with Gasteiger partial charge in [0.25, 0.3) is 0 Å². The van der Waals surface area contributed by atoms with Crippen molar-refractivity contribution in [1.29, 1.82) is 0 Å². The number of benzene rings is 1. The molecule has 1 aromatic heterocycles. The number of carbonyl (C=O) groups excluding carboxylic acids is 1. The lowest BCUT2D eigenvalue weighted by Gasteiger charge is -2.08. The van der Waals surface area contributed by atoms with Gasteiger partial charge in [0.1, 0.15) is 12.6 Å². The second-order valence-electron chi connectivity index (χ2n) is 4.40. The van der Waals surface area contributed by atoms with Crippen LogP contribution in [0, 0.1) is 0 Å². The van der Waals surface area contributed by atoms with Crippen molar-refractivity contribution in [2.75, 3.05) is 6.26 Å². The Balaban J connectivity index is 1.97. The summed E-state index contributed by atoms with van der Waals surface area (Å²) in [5.41, 5.74) is 0. The number of hydrogen-bond donors (Lipinski definition) is 2. The van der Waals surface area contributed by atoms with Gasteiger partial charge in [0.2, 0.25) is 0 Å². The molecule has 7 heteroatoms. The largest absolute Gasteiger partial charge is 0.480 e. The van der Waals surface area contributed by atoms with Crippen LogP contribution in [0.1, 0.15) is 11.8 Å². The van der Waals surface area contributed by atoms with E-state index in [0.29, 0.717) is 0 Å². The van der Waals surface area contributed by atoms with Gasteiger partial charge in [-0.1, -0.05) is 0 Å². The van der Waals surface area contributed by atoms with E-state index in [4.69, 9.17) is 9.84 Å². The van der Waals surface area contributed by atoms with Crippen molar-refractivity contribution in [3.05, 3.63) is 29.1 Å². The molecule has 1 unspecified atom stereocenters. The maximum absolute atomic E-state index is 11.5. The summed E-state index contributed by atoms with van der Waals surface area (Å²) in [6.07, 6.45) is 1.29. The van der Waals surface area contributed by atoms with Crippen LogP contribution in [0.2, 0.25) is 0 Å². The zero-order valence-electron chi connectivity index (χ0n) is 11.6. The average molecular weight is 325 g/mol. The molecule has 1 heterocycles. The molecule has 2 rings (SSSR count). The van der Waals surface area contributed by atoms with Gasteiger partial charge in [-0.3, -0.25) is 4.79 Å². The predicted molar refractivity (Wildman–Crippen MR) is 84.0 cm³/mol. The second-order valence-corrected chi connectivity index (χ2v) is 6.44. The van der Waals surface area contributed by atoms with Gasteiger partial charge < -0.3 is 15.2 Å². The molecule has 0 saturated carbocycles. The van der Waals surface area contributed by atoms with Crippen molar-refractivity contribution in [2.24, 2.45) is 0 Å². The molecule has 0 saturated heterocycles. The number of carbonyl (C=O) groups is 2. The number of ether oxygens (including phenoxy) is 1. The van der Waals surface area contributed by atoms with Gasteiger partial charge in [0, 0.05) is 14.5 Å². The third-order valence-electron chi connectivity index (χ3n) is 2.82. The zero-order valence-corrected chi connectivity index (χ0v) is 13.2. The first kappa shape index (κ1) is 15.7. The Morgan fingerprint density at radius 2 is 2.19 bits per heavy atom. The van der Waals surface area contributed by atoms with Gasteiger partial charge in [0.15, 0.2) is 0 Å². The van der Waals surface area contributed by atoms with Crippen LogP contribution in [0.15, 0.2) is 29.2 Å². The minimum atomic E-state index is -1.10. The van der Waals surface area contributed by atoms with Crippen LogP contribution in [0.3, 0.4) is 0 Å². The summed E-state index contributed by atoms with van der Waals surface area (Å²) in [4.78, 5) is 24.2. The second kappa shape index (κ2) is 6.82. The van der Waals surface area contributed by atoms with Crippen LogP contribution in [0.4, 0.5) is 4.79 Å². The smallest absolute Gasteiger partial charge is 0.408 e. The van der Waals surface area contributed by atoms with Crippen LogP contribution < -0.4 is 5.32 Å². The summed E-state index contributed by atoms with van der Waals surface area (Å²) in [6.45, 7) is 1.51. The van der Waals surface area contributed by atoms with Gasteiger partial charge in [0.05, 0.1) is 0 Å². The van der Waals surface area contributed by atoms with E-state index in [1.165, 1.54) is 11.8 Å². The quantitative estimate of drug-likeness (QED) is 0.825. The van der Waals surface area contributed by atoms with E-state index < -0.39 is 18.1 Å². The highest BCUT2D eigenvalue weighted by molar-refractivity contribution is 7.98. The summed E-state index contributed by atoms with van der Waals surface area (Å²) in [5.74, 6) is -1.10. The lowest BCUT2D eigenvalue weighted by molar-refractivity contribution is -0.138. The topological polar surface area (TPSA) is 75.6 Å². The highest BCUT2D eigenvalue weighted by atomic mass is 32.2. The number of nitrogens with one attached hydrogen (secondary N) is 1. The van der Waals surface area contributed by atoms with Gasteiger partial charge in [-0.05, 0) is 42.8 Å². The molecule has 2 aromatic rings. The number of thiophene rings is 1. The normalized spacial score (nSPS) is 12.1. The van der Waals surface area contributed by atoms with Gasteiger partial charge in [-0.15, -0.1) is 23.1 Å². The molecule has 112 valence electrons. The molecule has 1 aromatic carbocycles. The Hall–Kier alpha value is -1.73. The maximum atomic E-state index is 11.5. The number of rotatable bonds is 5. The Kier molecular flexibility index (Phi) is 5.08. The predicted octanol–water partition coefficient (Wildman–Crippen LogP) is 3.32. The van der Waals surface area contributed by atoms with Crippen molar-refractivity contribution >= 4 is 45.2 Å². The summed E-state index contributed by atoms with van der Waals surface area (Å²) in [7, 11) is 0. The number of carboxylic acids is 1. The third-order valence-corrected chi connectivity index (χ3v) is 4.64. The average Bonchev–Trinajstić information content (AvgIpc) is 2.86. The molecule has 0 spiro atoms. The van der Waals surface area contributed by atoms with Crippen LogP contribution in [-0.4, -0.2) is 29.5 Å². The first-order valence-electron chi connectivity index (χ1n) is 6.22. The molecule has 1 amide bonds. The number of alkyl carbamates (subject to hydrolysis) is 1. The molecule has 1 atom stereocenters. The molecule has 0 fully saturated rings. The molecule has 0 aliphatic rings. The van der Waals surface area contributed by atoms with Gasteiger partial charge in [-0.25, -0.2) is 4.79 Å². The van der Waals surface area contributed by atoms with Crippen molar-refractivity contribution in [2.45, 2.75) is 24.5 Å². The van der Waals surface area contributed by atoms with E-state index in [1.807, 2.05) is 18.4 Å². The molecule has 0 aliphatic carbocycles. The third kappa shape index (κ3) is 4.12. The first-order valence-corrected chi connectivity index (χ1v) is 8.26. The number of thioether (sulfide) groups is 1. The Labute approximate surface area is 130 Å². The summed E-state index contributed by atoms with van der Waals surface area (Å²) < 4.78 is 6.16. The number of fused-ring (bicyclic) bond motifs is 1. The van der Waals surface area contributed by atoms with Crippen molar-refractivity contribution < 1.29 is 19.4 Å². The van der Waals surface area contributed by atoms with Crippen molar-refractivity contribution in [1.82, 2.24) is 5.32 Å². The van der Waals surface area contributed by atoms with E-state index in [2.05, 4.69) is 17.4 Å². The number of amides is 1. The van der Waals surface area contributed by atoms with E-state index in [0.717, 1.165) is 15.0 Å². The van der Waals surface area contributed by atoms with Crippen molar-refractivity contribution in [3.63, 3.8) is 0 Å². The fourth-order valence-corrected chi connectivity index (χ4v) is 3.10. The Bertz CT molecular complexity index is 668. The van der Waals surface area contributed by atoms with Crippen LogP contribution in [0.5, 0.6) is 0 Å². The fraction of sp³-hybridized carbons (Fsp3) is 0.286. The summed E-state index contributed by atoms with van der Waals surface area (Å²) in [5, 5.41) is 12.0. The van der Waals surface area contributed by atoms with Crippen molar-refractivity contribution in [3.8, 4) is 0 Å². The SMILES string of the molecule is CSc1ccc2sc(COC(=O)NC(C)C(=O)O)cc2c1. The van der Waals surface area contributed by atoms with E-state index in [-0.39, 0.29) is 6.61 Å². The molecular weight excluding hydrogens is 310 g/mol. The number of hydrogen-bond acceptors (Lipinski definition) is 5. The summed E-state index contributed by atoms with van der Waals surface area (Å²) >= 11 is 3.23. The molecule has 21 heavy (non-hydrogen) atoms. The van der Waals surface area contributed by atoms with E-state index in [1.54, 1.807) is 23.1 Å². The van der Waals surface area contributed by atoms with Crippen LogP contribution in [-0.2, 0) is 16.1 Å². The molecule has 0 aliphatic heterocycles. The van der Waals surface area contributed by atoms with E-state index >= 15 is 0 Å². The first-order chi connectivity index (χ1) is 9.99. The molecule has 0 bridgehead atoms. The monoisotopic (exact) mass is 325 g/mol. The lowest BCUT2D eigenvalue weighted by Crippen LogP contribution is -2.38. The highest BCUT2D eigenvalue weighted by Crippen LogP contribution is 2.29. The number of carboxylic acid groups (broad SMARTS) is 1. The molecule has 5 nitrogen and oxygen atoms in total. The molecule has 2 N–H and O–H groups in total. The zero-order chi connectivity index (χ0) is 15.4. The molecular formula is C14H15NO4S2. The van der Waals surface area contributed by atoms with Gasteiger partial charge in [-0.2, -0.15) is 0 Å². The number of aliphatic carboxylic acids is 1. The minimum absolute atomic E-state index is 0.131. The lowest BCUT2D eigenvalue weighted by atomic mass is 10.2. The maximum Gasteiger partial charge on any atom is 0.408 e. The fourth-order valence-electron chi connectivity index (χ4n) is 1.69. The van der Waals surface area contributed by atoms with E-state index in [9.17, 15) is 9.59 Å². The minimum Gasteiger partial charge on any atom is -0.480 e. The Morgan fingerprint density at radius 3 is 2.86 bits per heavy atom. The van der Waals surface area contributed by atoms with Gasteiger partial charge >= 0.3 is 12.1 Å². The Morgan fingerprint density at radius 1 is 1.43 bits per heavy atom. The summed E-state index contributed by atoms with van der Waals surface area (Å²) in [6, 6.07) is 7.20. The van der Waals surface area contributed by atoms with Crippen LogP contribution in [0.25, 0.3) is 10.1 Å². The highest BCUT2D eigenvalue weighted by Gasteiger charge is 2.15. The van der Waals surface area contributed by atoms with Crippen LogP contribution >= 0.6 is 23.1 Å².